The molecule has 2 heterocycles. The van der Waals surface area contributed by atoms with Crippen molar-refractivity contribution in [2.45, 2.75) is 17.7 Å². The number of tetrazole rings is 1. The maximum absolute atomic E-state index is 12.8. The van der Waals surface area contributed by atoms with Crippen LogP contribution in [0.4, 0.5) is 0 Å². The van der Waals surface area contributed by atoms with Crippen LogP contribution in [0, 0.1) is 5.92 Å². The molecule has 0 amide bonds. The normalized spacial score (nSPS) is 18.6. The maximum Gasteiger partial charge on any atom is 0.243 e. The molecular weight excluding hydrogens is 392 g/mol. The number of aromatic nitrogens is 4. The lowest BCUT2D eigenvalue weighted by Crippen LogP contribution is -2.32. The van der Waals surface area contributed by atoms with Crippen molar-refractivity contribution >= 4 is 20.0 Å². The number of benzene rings is 1. The van der Waals surface area contributed by atoms with Crippen molar-refractivity contribution in [1.29, 1.82) is 0 Å². The summed E-state index contributed by atoms with van der Waals surface area (Å²) in [4.78, 5) is 0.201. The Morgan fingerprint density at radius 2 is 2.00 bits per heavy atom. The molecule has 0 radical (unpaired) electrons. The lowest BCUT2D eigenvalue weighted by Gasteiger charge is -2.17. The zero-order valence-electron chi connectivity index (χ0n) is 14.4. The minimum Gasteiger partial charge on any atom is -0.211 e. The van der Waals surface area contributed by atoms with Gasteiger partial charge in [0.2, 0.25) is 20.0 Å². The molecule has 0 bridgehead atoms. The van der Waals surface area contributed by atoms with Crippen LogP contribution < -0.4 is 4.72 Å². The first-order chi connectivity index (χ1) is 12.8. The van der Waals surface area contributed by atoms with Crippen LogP contribution in [0.25, 0.3) is 0 Å². The number of sulfonamides is 2. The van der Waals surface area contributed by atoms with Gasteiger partial charge in [-0.25, -0.2) is 21.6 Å². The van der Waals surface area contributed by atoms with Gasteiger partial charge in [-0.05, 0) is 30.0 Å². The summed E-state index contributed by atoms with van der Waals surface area (Å²) < 4.78 is 52.2. The summed E-state index contributed by atoms with van der Waals surface area (Å²) in [6.45, 7) is 4.04. The molecule has 0 saturated carbocycles. The van der Waals surface area contributed by atoms with Gasteiger partial charge in [0.25, 0.3) is 0 Å². The molecule has 12 heteroatoms. The van der Waals surface area contributed by atoms with Crippen LogP contribution in [0.3, 0.4) is 0 Å². The van der Waals surface area contributed by atoms with Crippen LogP contribution in [-0.4, -0.2) is 61.4 Å². The number of nitrogens with one attached hydrogen (secondary N) is 2. The molecule has 10 nitrogen and oxygen atoms in total. The maximum atomic E-state index is 12.8. The molecule has 1 aromatic carbocycles. The van der Waals surface area contributed by atoms with E-state index in [1.54, 1.807) is 24.3 Å². The lowest BCUT2D eigenvalue weighted by molar-refractivity contribution is 0.455. The van der Waals surface area contributed by atoms with Gasteiger partial charge in [0.15, 0.2) is 5.82 Å². The largest absolute Gasteiger partial charge is 0.243 e. The number of hydrogen-bond donors (Lipinski definition) is 2. The summed E-state index contributed by atoms with van der Waals surface area (Å²) in [6.07, 6.45) is 1.04. The summed E-state index contributed by atoms with van der Waals surface area (Å²) in [6, 6.07) is 6.54. The fraction of sp³-hybridized carbons (Fsp3) is 0.400. The quantitative estimate of drug-likeness (QED) is 0.615. The SMILES string of the molecule is C=CS(=O)(=O)NC[C@H]1CCN(S(=O)(=O)c2ccc(Cc3nn[nH]n3)cc2)C1. The van der Waals surface area contributed by atoms with Crippen molar-refractivity contribution in [1.82, 2.24) is 29.7 Å². The van der Waals surface area contributed by atoms with Crippen LogP contribution in [0.2, 0.25) is 0 Å². The fourth-order valence-electron chi connectivity index (χ4n) is 2.84. The Bertz CT molecular complexity index is 987. The van der Waals surface area contributed by atoms with E-state index in [0.29, 0.717) is 25.2 Å². The van der Waals surface area contributed by atoms with Crippen molar-refractivity contribution < 1.29 is 16.8 Å². The molecule has 1 aliphatic heterocycles. The van der Waals surface area contributed by atoms with E-state index in [-0.39, 0.29) is 23.9 Å². The fourth-order valence-corrected chi connectivity index (χ4v) is 4.96. The highest BCUT2D eigenvalue weighted by Crippen LogP contribution is 2.24. The van der Waals surface area contributed by atoms with Gasteiger partial charge in [0, 0.05) is 31.5 Å². The minimum atomic E-state index is -3.62. The number of rotatable bonds is 8. The zero-order chi connectivity index (χ0) is 19.5. The highest BCUT2D eigenvalue weighted by atomic mass is 32.2. The molecule has 2 N–H and O–H groups in total. The second-order valence-corrected chi connectivity index (χ2v) is 9.88. The first-order valence-electron chi connectivity index (χ1n) is 8.24. The van der Waals surface area contributed by atoms with Crippen molar-refractivity contribution in [3.63, 3.8) is 0 Å². The van der Waals surface area contributed by atoms with Crippen molar-refractivity contribution in [3.05, 3.63) is 47.6 Å². The lowest BCUT2D eigenvalue weighted by atomic mass is 10.1. The molecule has 146 valence electrons. The van der Waals surface area contributed by atoms with Gasteiger partial charge in [-0.2, -0.15) is 9.52 Å². The number of nitrogens with zero attached hydrogens (tertiary/aromatic N) is 4. The second-order valence-electron chi connectivity index (χ2n) is 6.23. The van der Waals surface area contributed by atoms with E-state index in [1.165, 1.54) is 4.31 Å². The molecule has 1 saturated heterocycles. The number of H-pyrrole nitrogens is 1. The van der Waals surface area contributed by atoms with Gasteiger partial charge in [-0.15, -0.1) is 10.2 Å². The summed E-state index contributed by atoms with van der Waals surface area (Å²) in [5.41, 5.74) is 0.869. The number of hydrogen-bond acceptors (Lipinski definition) is 7. The smallest absolute Gasteiger partial charge is 0.211 e. The second kappa shape index (κ2) is 7.84. The van der Waals surface area contributed by atoms with Gasteiger partial charge < -0.3 is 0 Å². The summed E-state index contributed by atoms with van der Waals surface area (Å²) >= 11 is 0. The van der Waals surface area contributed by atoms with Gasteiger partial charge in [0.1, 0.15) is 0 Å². The third kappa shape index (κ3) is 4.77. The Morgan fingerprint density at radius 1 is 1.26 bits per heavy atom. The topological polar surface area (TPSA) is 138 Å². The molecule has 3 rings (SSSR count). The van der Waals surface area contributed by atoms with Crippen LogP contribution in [-0.2, 0) is 26.5 Å². The van der Waals surface area contributed by atoms with Crippen LogP contribution in [0.1, 0.15) is 17.8 Å². The van der Waals surface area contributed by atoms with Gasteiger partial charge >= 0.3 is 0 Å². The third-order valence-corrected chi connectivity index (χ3v) is 7.24. The van der Waals surface area contributed by atoms with E-state index in [9.17, 15) is 16.8 Å². The van der Waals surface area contributed by atoms with Crippen molar-refractivity contribution in [3.8, 4) is 0 Å². The van der Waals surface area contributed by atoms with E-state index in [1.807, 2.05) is 0 Å². The average molecular weight is 412 g/mol. The first kappa shape index (κ1) is 19.6. The summed E-state index contributed by atoms with van der Waals surface area (Å²) in [7, 11) is -7.13. The van der Waals surface area contributed by atoms with E-state index in [2.05, 4.69) is 31.9 Å². The van der Waals surface area contributed by atoms with Gasteiger partial charge in [-0.3, -0.25) is 0 Å². The standard InChI is InChI=1S/C15H20N6O4S2/c1-2-26(22,23)16-10-13-7-8-21(11-13)27(24,25)14-5-3-12(4-6-14)9-15-17-19-20-18-15/h2-6,13,16H,1,7-11H2,(H,17,18,19,20)/t13-/m1/s1. The highest BCUT2D eigenvalue weighted by molar-refractivity contribution is 7.92. The zero-order valence-corrected chi connectivity index (χ0v) is 16.1. The Balaban J connectivity index is 1.63. The minimum absolute atomic E-state index is 0.0768. The van der Waals surface area contributed by atoms with E-state index in [0.717, 1.165) is 11.0 Å². The molecule has 1 atom stereocenters. The van der Waals surface area contributed by atoms with Crippen molar-refractivity contribution in [2.24, 2.45) is 5.92 Å². The molecule has 0 unspecified atom stereocenters. The molecular formula is C15H20N6O4S2. The predicted molar refractivity (Wildman–Crippen MR) is 97.4 cm³/mol. The molecule has 1 aromatic heterocycles. The highest BCUT2D eigenvalue weighted by Gasteiger charge is 2.32. The van der Waals surface area contributed by atoms with E-state index >= 15 is 0 Å². The van der Waals surface area contributed by atoms with Gasteiger partial charge in [-0.1, -0.05) is 23.9 Å². The van der Waals surface area contributed by atoms with Crippen LogP contribution in [0.5, 0.6) is 0 Å². The summed E-state index contributed by atoms with van der Waals surface area (Å²) in [5.74, 6) is 0.446. The number of aromatic amines is 1. The predicted octanol–water partition coefficient (Wildman–Crippen LogP) is -0.136. The molecule has 0 aliphatic carbocycles. The van der Waals surface area contributed by atoms with E-state index in [4.69, 9.17) is 0 Å². The average Bonchev–Trinajstić information content (AvgIpc) is 3.33. The molecule has 1 aliphatic rings. The molecule has 0 spiro atoms. The molecule has 1 fully saturated rings. The monoisotopic (exact) mass is 412 g/mol. The van der Waals surface area contributed by atoms with Crippen molar-refractivity contribution in [2.75, 3.05) is 19.6 Å². The summed E-state index contributed by atoms with van der Waals surface area (Å²) in [5, 5.41) is 14.4. The molecule has 27 heavy (non-hydrogen) atoms. The van der Waals surface area contributed by atoms with E-state index < -0.39 is 20.0 Å². The Hall–Kier alpha value is -2.15. The Labute approximate surface area is 157 Å². The Kier molecular flexibility index (Phi) is 5.69. The van der Waals surface area contributed by atoms with Crippen LogP contribution >= 0.6 is 0 Å². The van der Waals surface area contributed by atoms with Crippen LogP contribution in [0.15, 0.2) is 41.1 Å². The van der Waals surface area contributed by atoms with Gasteiger partial charge in [0.05, 0.1) is 4.90 Å². The third-order valence-electron chi connectivity index (χ3n) is 4.35. The Morgan fingerprint density at radius 3 is 2.63 bits per heavy atom. The first-order valence-corrected chi connectivity index (χ1v) is 11.2. The molecule has 2 aromatic rings.